The fourth-order valence-electron chi connectivity index (χ4n) is 1.87. The van der Waals surface area contributed by atoms with Crippen molar-refractivity contribution < 1.29 is 9.59 Å². The van der Waals surface area contributed by atoms with Gasteiger partial charge < -0.3 is 0 Å². The summed E-state index contributed by atoms with van der Waals surface area (Å²) in [6, 6.07) is 13.0. The van der Waals surface area contributed by atoms with Gasteiger partial charge in [0.2, 0.25) is 0 Å². The molecule has 122 valence electrons. The monoisotopic (exact) mass is 456 g/mol. The van der Waals surface area contributed by atoms with Gasteiger partial charge in [0.15, 0.2) is 0 Å². The second kappa shape index (κ2) is 8.02. The molecule has 0 unspecified atom stereocenters. The number of hydrogen-bond donors (Lipinski definition) is 0. The fourth-order valence-corrected chi connectivity index (χ4v) is 6.71. The number of carbonyl (C=O) groups excluding carboxylic acids is 2. The van der Waals surface area contributed by atoms with Gasteiger partial charge in [-0.05, 0) is 0 Å². The Labute approximate surface area is 155 Å². The summed E-state index contributed by atoms with van der Waals surface area (Å²) in [7, 11) is 12.6. The minimum atomic E-state index is -3.24. The summed E-state index contributed by atoms with van der Waals surface area (Å²) in [6.45, 7) is 0. The molecule has 2 aromatic rings. The van der Waals surface area contributed by atoms with Gasteiger partial charge in [0.1, 0.15) is 0 Å². The molecule has 0 aliphatic carbocycles. The summed E-state index contributed by atoms with van der Waals surface area (Å²) in [4.78, 5) is 24.5. The third-order valence-corrected chi connectivity index (χ3v) is 8.66. The predicted molar refractivity (Wildman–Crippen MR) is 98.6 cm³/mol. The zero-order valence-corrected chi connectivity index (χ0v) is 16.5. The van der Waals surface area contributed by atoms with Crippen LogP contribution in [0, 0.1) is 0 Å². The Bertz CT molecular complexity index is 650. The van der Waals surface area contributed by atoms with Gasteiger partial charge in [-0.1, -0.05) is 0 Å². The summed E-state index contributed by atoms with van der Waals surface area (Å²) in [5, 5.41) is 1.06. The molecule has 0 atom stereocenters. The summed E-state index contributed by atoms with van der Waals surface area (Å²) >= 11 is 8.34. The van der Waals surface area contributed by atoms with Gasteiger partial charge in [-0.2, -0.15) is 0 Å². The van der Waals surface area contributed by atoms with Gasteiger partial charge in [0, 0.05) is 0 Å². The van der Waals surface area contributed by atoms with Crippen LogP contribution >= 0.6 is 43.4 Å². The Balaban J connectivity index is 2.03. The molecule has 0 saturated heterocycles. The normalized spacial score (nSPS) is 12.0. The average Bonchev–Trinajstić information content (AvgIpc) is 2.47. The first kappa shape index (κ1) is 18.8. The van der Waals surface area contributed by atoms with E-state index in [9.17, 15) is 9.59 Å². The SMILES string of the molecule is O=C(C[Se](Cl)(Cl)CC(=O)c1ccc(Cl)cc1)c1ccc(Cl)cc1. The van der Waals surface area contributed by atoms with Crippen molar-refractivity contribution in [2.45, 2.75) is 10.6 Å². The second-order valence-corrected chi connectivity index (χ2v) is 16.8. The molecule has 0 N–H and O–H groups in total. The molecule has 2 rings (SSSR count). The van der Waals surface area contributed by atoms with Gasteiger partial charge in [-0.15, -0.1) is 0 Å². The summed E-state index contributed by atoms with van der Waals surface area (Å²) < 4.78 is 0. The van der Waals surface area contributed by atoms with Crippen molar-refractivity contribution in [2.75, 3.05) is 0 Å². The molecule has 7 heteroatoms. The number of hydrogen-bond acceptors (Lipinski definition) is 2. The van der Waals surface area contributed by atoms with E-state index in [1.165, 1.54) is 0 Å². The fraction of sp³-hybridized carbons (Fsp3) is 0.125. The number of halogens is 4. The van der Waals surface area contributed by atoms with Crippen LogP contribution in [0.15, 0.2) is 48.5 Å². The van der Waals surface area contributed by atoms with Crippen LogP contribution in [0.25, 0.3) is 0 Å². The number of carbonyl (C=O) groups is 2. The molecule has 23 heavy (non-hydrogen) atoms. The molecule has 0 aliphatic heterocycles. The Morgan fingerprint density at radius 3 is 1.30 bits per heavy atom. The predicted octanol–water partition coefficient (Wildman–Crippen LogP) is 5.98. The minimum absolute atomic E-state index is 0.0133. The molecule has 0 aliphatic rings. The van der Waals surface area contributed by atoms with E-state index >= 15 is 0 Å². The van der Waals surface area contributed by atoms with Crippen LogP contribution in [0.3, 0.4) is 0 Å². The molecular formula is C16H12Cl4O2Se. The molecule has 0 radical (unpaired) electrons. The molecule has 0 saturated carbocycles. The summed E-state index contributed by atoms with van der Waals surface area (Å²) in [5.74, 6) is -0.369. The Morgan fingerprint density at radius 1 is 0.696 bits per heavy atom. The van der Waals surface area contributed by atoms with Crippen LogP contribution < -0.4 is 0 Å². The van der Waals surface area contributed by atoms with Crippen molar-refractivity contribution in [1.82, 2.24) is 0 Å². The van der Waals surface area contributed by atoms with E-state index < -0.39 is 11.0 Å². The molecule has 0 amide bonds. The average molecular weight is 457 g/mol. The Kier molecular flexibility index (Phi) is 6.56. The third kappa shape index (κ3) is 5.79. The van der Waals surface area contributed by atoms with Crippen molar-refractivity contribution in [3.8, 4) is 0 Å². The van der Waals surface area contributed by atoms with Crippen LogP contribution in [0.5, 0.6) is 0 Å². The van der Waals surface area contributed by atoms with E-state index in [0.29, 0.717) is 21.2 Å². The Hall–Kier alpha value is -0.541. The molecule has 0 bridgehead atoms. The molecular weight excluding hydrogens is 445 g/mol. The van der Waals surface area contributed by atoms with Crippen LogP contribution in [-0.4, -0.2) is 22.6 Å². The van der Waals surface area contributed by atoms with E-state index in [-0.39, 0.29) is 22.2 Å². The van der Waals surface area contributed by atoms with Crippen molar-refractivity contribution >= 4 is 66.0 Å². The van der Waals surface area contributed by atoms with Crippen molar-refractivity contribution in [3.63, 3.8) is 0 Å². The van der Waals surface area contributed by atoms with Crippen molar-refractivity contribution in [2.24, 2.45) is 0 Å². The van der Waals surface area contributed by atoms with Crippen LogP contribution in [0.1, 0.15) is 20.7 Å². The van der Waals surface area contributed by atoms with Gasteiger partial charge in [-0.25, -0.2) is 0 Å². The zero-order chi connectivity index (χ0) is 17.0. The van der Waals surface area contributed by atoms with E-state index in [1.807, 2.05) is 0 Å². The topological polar surface area (TPSA) is 34.1 Å². The molecule has 0 fully saturated rings. The number of Topliss-reactive ketones (excluding diaryl/α,β-unsaturated/α-hetero) is 2. The quantitative estimate of drug-likeness (QED) is 0.396. The van der Waals surface area contributed by atoms with Gasteiger partial charge in [0.25, 0.3) is 0 Å². The summed E-state index contributed by atoms with van der Waals surface area (Å²) in [5.41, 5.74) is 0.965. The molecule has 0 spiro atoms. The van der Waals surface area contributed by atoms with Crippen molar-refractivity contribution in [1.29, 1.82) is 0 Å². The first-order valence-electron chi connectivity index (χ1n) is 6.52. The van der Waals surface area contributed by atoms with E-state index in [4.69, 9.17) is 43.4 Å². The van der Waals surface area contributed by atoms with E-state index in [0.717, 1.165) is 0 Å². The molecule has 0 aromatic heterocycles. The van der Waals surface area contributed by atoms with Gasteiger partial charge in [0.05, 0.1) is 0 Å². The maximum atomic E-state index is 12.2. The zero-order valence-electron chi connectivity index (χ0n) is 11.8. The maximum absolute atomic E-state index is 12.2. The van der Waals surface area contributed by atoms with Crippen LogP contribution in [0.2, 0.25) is 20.7 Å². The van der Waals surface area contributed by atoms with Gasteiger partial charge >= 0.3 is 156 Å². The standard InChI is InChI=1S/C16H12Cl4O2Se/c17-13-5-1-11(2-6-13)15(21)9-23(19,20)10-16(22)12-3-7-14(18)8-4-12/h1-8H,9-10H2. The van der Waals surface area contributed by atoms with Crippen molar-refractivity contribution in [3.05, 3.63) is 69.7 Å². The first-order valence-corrected chi connectivity index (χ1v) is 14.2. The number of ketones is 2. The number of rotatable bonds is 6. The van der Waals surface area contributed by atoms with Gasteiger partial charge in [-0.3, -0.25) is 0 Å². The van der Waals surface area contributed by atoms with E-state index in [2.05, 4.69) is 0 Å². The molecule has 0 heterocycles. The Morgan fingerprint density at radius 2 is 1.00 bits per heavy atom. The van der Waals surface area contributed by atoms with Crippen LogP contribution in [0.4, 0.5) is 0 Å². The molecule has 2 aromatic carbocycles. The summed E-state index contributed by atoms with van der Waals surface area (Å²) in [6.07, 6.45) is 0. The van der Waals surface area contributed by atoms with Crippen LogP contribution in [-0.2, 0) is 0 Å². The second-order valence-electron chi connectivity index (χ2n) is 4.85. The first-order chi connectivity index (χ1) is 10.8. The van der Waals surface area contributed by atoms with E-state index in [1.54, 1.807) is 48.5 Å². The third-order valence-electron chi connectivity index (χ3n) is 3.02. The number of benzene rings is 2. The molecule has 2 nitrogen and oxygen atoms in total.